The predicted molar refractivity (Wildman–Crippen MR) is 44.5 cm³/mol. The van der Waals surface area contributed by atoms with E-state index in [1.54, 1.807) is 0 Å². The topological polar surface area (TPSA) is 48.0 Å². The number of rotatable bonds is 4. The van der Waals surface area contributed by atoms with E-state index in [4.69, 9.17) is 5.11 Å². The molecule has 1 unspecified atom stereocenters. The minimum atomic E-state index is 0.193. The van der Waals surface area contributed by atoms with Crippen LogP contribution in [0.4, 0.5) is 0 Å². The smallest absolute Gasteiger partial charge is 0.0512 e. The molecule has 3 heteroatoms. The Bertz CT molecular complexity index is 184. The van der Waals surface area contributed by atoms with Gasteiger partial charge in [0.2, 0.25) is 0 Å². The Balaban J connectivity index is 2.56. The van der Waals surface area contributed by atoms with Crippen molar-refractivity contribution < 1.29 is 5.11 Å². The van der Waals surface area contributed by atoms with Crippen molar-refractivity contribution in [1.29, 1.82) is 0 Å². The van der Waals surface area contributed by atoms with E-state index in [2.05, 4.69) is 10.3 Å². The second-order valence-corrected chi connectivity index (χ2v) is 2.58. The van der Waals surface area contributed by atoms with Crippen LogP contribution < -0.4 is 5.32 Å². The summed E-state index contributed by atoms with van der Waals surface area (Å²) >= 11 is 0. The number of aliphatic hydroxyl groups is 1. The molecule has 62 valence electrons. The van der Waals surface area contributed by atoms with E-state index in [1.807, 2.05) is 25.5 Å². The highest BCUT2D eigenvalue weighted by atomic mass is 16.3. The Labute approximate surface area is 66.4 Å². The van der Waals surface area contributed by atoms with E-state index < -0.39 is 0 Å². The van der Waals surface area contributed by atoms with Gasteiger partial charge in [-0.1, -0.05) is 0 Å². The molecule has 0 aliphatic carbocycles. The van der Waals surface area contributed by atoms with E-state index in [0.29, 0.717) is 0 Å². The van der Waals surface area contributed by atoms with Gasteiger partial charge in [-0.2, -0.15) is 0 Å². The fourth-order valence-corrected chi connectivity index (χ4v) is 1.12. The van der Waals surface area contributed by atoms with Crippen molar-refractivity contribution in [3.63, 3.8) is 0 Å². The van der Waals surface area contributed by atoms with E-state index in [0.717, 1.165) is 12.1 Å². The average Bonchev–Trinajstić information content (AvgIpc) is 2.52. The maximum atomic E-state index is 8.98. The molecule has 0 saturated heterocycles. The van der Waals surface area contributed by atoms with Gasteiger partial charge in [0, 0.05) is 24.9 Å². The maximum Gasteiger partial charge on any atom is 0.0512 e. The first-order chi connectivity index (χ1) is 5.38. The molecular weight excluding hydrogens is 140 g/mol. The zero-order valence-electron chi connectivity index (χ0n) is 6.67. The van der Waals surface area contributed by atoms with E-state index in [1.165, 1.54) is 0 Å². The van der Waals surface area contributed by atoms with Gasteiger partial charge in [-0.25, -0.2) is 0 Å². The molecule has 1 aromatic rings. The van der Waals surface area contributed by atoms with Crippen LogP contribution in [0, 0.1) is 0 Å². The van der Waals surface area contributed by atoms with Gasteiger partial charge in [-0.15, -0.1) is 0 Å². The van der Waals surface area contributed by atoms with Crippen LogP contribution in [-0.2, 0) is 0 Å². The molecule has 1 heterocycles. The normalized spacial score (nSPS) is 13.3. The Hall–Kier alpha value is -0.800. The SMILES string of the molecule is CNCC(CO)c1cc[nH]c1. The zero-order valence-corrected chi connectivity index (χ0v) is 6.67. The number of aliphatic hydroxyl groups excluding tert-OH is 1. The first-order valence-corrected chi connectivity index (χ1v) is 3.76. The van der Waals surface area contributed by atoms with Crippen LogP contribution in [0.1, 0.15) is 11.5 Å². The lowest BCUT2D eigenvalue weighted by Crippen LogP contribution is -2.19. The van der Waals surface area contributed by atoms with Gasteiger partial charge in [0.1, 0.15) is 0 Å². The van der Waals surface area contributed by atoms with Crippen LogP contribution in [0.25, 0.3) is 0 Å². The molecule has 0 aliphatic heterocycles. The van der Waals surface area contributed by atoms with Crippen LogP contribution in [0.3, 0.4) is 0 Å². The van der Waals surface area contributed by atoms with Crippen molar-refractivity contribution in [2.45, 2.75) is 5.92 Å². The number of hydrogen-bond acceptors (Lipinski definition) is 2. The summed E-state index contributed by atoms with van der Waals surface area (Å²) in [6.45, 7) is 1.01. The third kappa shape index (κ3) is 2.06. The van der Waals surface area contributed by atoms with Gasteiger partial charge >= 0.3 is 0 Å². The quantitative estimate of drug-likeness (QED) is 0.584. The van der Waals surface area contributed by atoms with Gasteiger partial charge in [0.15, 0.2) is 0 Å². The highest BCUT2D eigenvalue weighted by Gasteiger charge is 2.08. The van der Waals surface area contributed by atoms with Crippen LogP contribution >= 0.6 is 0 Å². The third-order valence-corrected chi connectivity index (χ3v) is 1.76. The number of hydrogen-bond donors (Lipinski definition) is 3. The highest BCUT2D eigenvalue weighted by Crippen LogP contribution is 2.12. The molecular formula is C8H14N2O. The molecule has 3 nitrogen and oxygen atoms in total. The van der Waals surface area contributed by atoms with Crippen molar-refractivity contribution in [2.24, 2.45) is 0 Å². The molecule has 0 aliphatic rings. The molecule has 0 bridgehead atoms. The third-order valence-electron chi connectivity index (χ3n) is 1.76. The van der Waals surface area contributed by atoms with E-state index in [-0.39, 0.29) is 12.5 Å². The Kier molecular flexibility index (Phi) is 3.14. The molecule has 0 fully saturated rings. The lowest BCUT2D eigenvalue weighted by molar-refractivity contribution is 0.263. The summed E-state index contributed by atoms with van der Waals surface area (Å²) in [5.41, 5.74) is 1.15. The monoisotopic (exact) mass is 154 g/mol. The molecule has 0 spiro atoms. The van der Waals surface area contributed by atoms with Gasteiger partial charge < -0.3 is 15.4 Å². The maximum absolute atomic E-state index is 8.98. The van der Waals surface area contributed by atoms with Gasteiger partial charge in [-0.3, -0.25) is 0 Å². The first kappa shape index (κ1) is 8.30. The summed E-state index contributed by atoms with van der Waals surface area (Å²) < 4.78 is 0. The minimum absolute atomic E-state index is 0.193. The van der Waals surface area contributed by atoms with E-state index >= 15 is 0 Å². The largest absolute Gasteiger partial charge is 0.396 e. The summed E-state index contributed by atoms with van der Waals surface area (Å²) in [5.74, 6) is 0.214. The number of H-pyrrole nitrogens is 1. The molecule has 0 aromatic carbocycles. The van der Waals surface area contributed by atoms with Gasteiger partial charge in [0.25, 0.3) is 0 Å². The van der Waals surface area contributed by atoms with Crippen molar-refractivity contribution in [3.8, 4) is 0 Å². The zero-order chi connectivity index (χ0) is 8.10. The lowest BCUT2D eigenvalue weighted by Gasteiger charge is -2.10. The van der Waals surface area contributed by atoms with Crippen molar-refractivity contribution in [3.05, 3.63) is 24.0 Å². The molecule has 1 aromatic heterocycles. The standard InChI is InChI=1S/C8H14N2O/c1-9-4-8(6-11)7-2-3-10-5-7/h2-3,5,8-11H,4,6H2,1H3. The van der Waals surface area contributed by atoms with Crippen LogP contribution in [-0.4, -0.2) is 30.3 Å². The van der Waals surface area contributed by atoms with Gasteiger partial charge in [-0.05, 0) is 18.7 Å². The van der Waals surface area contributed by atoms with E-state index in [9.17, 15) is 0 Å². The number of aromatic nitrogens is 1. The van der Waals surface area contributed by atoms with Crippen LogP contribution in [0.5, 0.6) is 0 Å². The van der Waals surface area contributed by atoms with Gasteiger partial charge in [0.05, 0.1) is 6.61 Å². The summed E-state index contributed by atoms with van der Waals surface area (Å²) in [6.07, 6.45) is 3.78. The number of aromatic amines is 1. The Morgan fingerprint density at radius 1 is 1.73 bits per heavy atom. The molecule has 0 amide bonds. The van der Waals surface area contributed by atoms with Crippen LogP contribution in [0.15, 0.2) is 18.5 Å². The average molecular weight is 154 g/mol. The molecule has 0 radical (unpaired) electrons. The number of likely N-dealkylation sites (N-methyl/N-ethyl adjacent to an activating group) is 1. The lowest BCUT2D eigenvalue weighted by atomic mass is 10.0. The Morgan fingerprint density at radius 2 is 2.55 bits per heavy atom. The summed E-state index contributed by atoms with van der Waals surface area (Å²) in [6, 6.07) is 1.98. The second kappa shape index (κ2) is 4.16. The van der Waals surface area contributed by atoms with Crippen molar-refractivity contribution >= 4 is 0 Å². The predicted octanol–water partition coefficient (Wildman–Crippen LogP) is 0.310. The van der Waals surface area contributed by atoms with Crippen LogP contribution in [0.2, 0.25) is 0 Å². The second-order valence-electron chi connectivity index (χ2n) is 2.58. The fourth-order valence-electron chi connectivity index (χ4n) is 1.12. The highest BCUT2D eigenvalue weighted by molar-refractivity contribution is 5.15. The molecule has 1 atom stereocenters. The molecule has 3 N–H and O–H groups in total. The fraction of sp³-hybridized carbons (Fsp3) is 0.500. The summed E-state index contributed by atoms with van der Waals surface area (Å²) in [5, 5.41) is 12.0. The summed E-state index contributed by atoms with van der Waals surface area (Å²) in [7, 11) is 1.88. The Morgan fingerprint density at radius 3 is 3.00 bits per heavy atom. The van der Waals surface area contributed by atoms with Crippen molar-refractivity contribution in [1.82, 2.24) is 10.3 Å². The van der Waals surface area contributed by atoms with Crippen molar-refractivity contribution in [2.75, 3.05) is 20.2 Å². The molecule has 0 saturated carbocycles. The summed E-state index contributed by atoms with van der Waals surface area (Å²) in [4.78, 5) is 2.96. The first-order valence-electron chi connectivity index (χ1n) is 3.76. The molecule has 11 heavy (non-hydrogen) atoms. The minimum Gasteiger partial charge on any atom is -0.396 e. The molecule has 1 rings (SSSR count). The number of nitrogens with one attached hydrogen (secondary N) is 2.